The zero-order valence-electron chi connectivity index (χ0n) is 14.3. The van der Waals surface area contributed by atoms with Gasteiger partial charge in [-0.1, -0.05) is 51.5 Å². The molecule has 3 heteroatoms. The van der Waals surface area contributed by atoms with Crippen molar-refractivity contribution in [3.05, 3.63) is 42.0 Å². The van der Waals surface area contributed by atoms with Gasteiger partial charge in [0.15, 0.2) is 0 Å². The van der Waals surface area contributed by atoms with E-state index in [4.69, 9.17) is 9.47 Å². The summed E-state index contributed by atoms with van der Waals surface area (Å²) in [7, 11) is 1.66. The maximum atomic E-state index is 9.41. The molecule has 0 aliphatic heterocycles. The largest absolute Gasteiger partial charge is 0.497 e. The van der Waals surface area contributed by atoms with E-state index in [9.17, 15) is 5.11 Å². The van der Waals surface area contributed by atoms with E-state index in [0.717, 1.165) is 11.3 Å². The van der Waals surface area contributed by atoms with Gasteiger partial charge in [-0.2, -0.15) is 0 Å². The molecule has 0 spiro atoms. The van der Waals surface area contributed by atoms with E-state index in [1.807, 2.05) is 31.2 Å². The van der Waals surface area contributed by atoms with Gasteiger partial charge in [0, 0.05) is 12.5 Å². The van der Waals surface area contributed by atoms with Gasteiger partial charge in [-0.05, 0) is 30.0 Å². The number of hydrogen-bond acceptors (Lipinski definition) is 3. The Morgan fingerprint density at radius 3 is 2.36 bits per heavy atom. The van der Waals surface area contributed by atoms with E-state index in [2.05, 4.69) is 26.0 Å². The van der Waals surface area contributed by atoms with E-state index < -0.39 is 0 Å². The highest BCUT2D eigenvalue weighted by molar-refractivity contribution is 5.26. The van der Waals surface area contributed by atoms with E-state index in [-0.39, 0.29) is 18.6 Å². The van der Waals surface area contributed by atoms with Gasteiger partial charge in [0.2, 0.25) is 0 Å². The normalized spacial score (nSPS) is 15.7. The maximum Gasteiger partial charge on any atom is 0.118 e. The van der Waals surface area contributed by atoms with E-state index in [0.29, 0.717) is 12.5 Å². The molecule has 0 unspecified atom stereocenters. The van der Waals surface area contributed by atoms with Gasteiger partial charge in [0.25, 0.3) is 0 Å². The third-order valence-electron chi connectivity index (χ3n) is 3.82. The fraction of sp³-hybridized carbons (Fsp3) is 0.579. The van der Waals surface area contributed by atoms with Crippen LogP contribution < -0.4 is 4.74 Å². The van der Waals surface area contributed by atoms with Crippen molar-refractivity contribution in [2.24, 2.45) is 11.8 Å². The van der Waals surface area contributed by atoms with Crippen molar-refractivity contribution in [2.75, 3.05) is 13.7 Å². The first-order valence-electron chi connectivity index (χ1n) is 8.14. The number of aliphatic hydroxyl groups is 1. The Bertz CT molecular complexity index is 425. The average molecular weight is 306 g/mol. The zero-order valence-corrected chi connectivity index (χ0v) is 14.3. The lowest BCUT2D eigenvalue weighted by atomic mass is 10.0. The van der Waals surface area contributed by atoms with Gasteiger partial charge in [-0.15, -0.1) is 0 Å². The highest BCUT2D eigenvalue weighted by Crippen LogP contribution is 2.17. The van der Waals surface area contributed by atoms with Crippen molar-refractivity contribution in [3.8, 4) is 5.75 Å². The number of allylic oxidation sites excluding steroid dienone is 1. The summed E-state index contributed by atoms with van der Waals surface area (Å²) in [5.74, 6) is 1.48. The second-order valence-corrected chi connectivity index (χ2v) is 5.93. The van der Waals surface area contributed by atoms with Crippen LogP contribution in [0.15, 0.2) is 36.4 Å². The summed E-state index contributed by atoms with van der Waals surface area (Å²) in [5, 5.41) is 9.41. The summed E-state index contributed by atoms with van der Waals surface area (Å²) in [4.78, 5) is 0. The summed E-state index contributed by atoms with van der Waals surface area (Å²) >= 11 is 0. The molecule has 0 bridgehead atoms. The molecule has 0 saturated carbocycles. The Labute approximate surface area is 135 Å². The Morgan fingerprint density at radius 2 is 1.82 bits per heavy atom. The molecule has 0 radical (unpaired) electrons. The molecule has 0 heterocycles. The molecule has 0 aliphatic rings. The van der Waals surface area contributed by atoms with Crippen LogP contribution in [0.4, 0.5) is 0 Å². The van der Waals surface area contributed by atoms with Gasteiger partial charge in [0.05, 0.1) is 19.8 Å². The summed E-state index contributed by atoms with van der Waals surface area (Å²) in [6, 6.07) is 7.87. The predicted octanol–water partition coefficient (Wildman–Crippen LogP) is 4.20. The highest BCUT2D eigenvalue weighted by atomic mass is 16.5. The van der Waals surface area contributed by atoms with Crippen LogP contribution in [-0.2, 0) is 11.3 Å². The smallest absolute Gasteiger partial charge is 0.118 e. The minimum absolute atomic E-state index is 0.0635. The Morgan fingerprint density at radius 1 is 1.14 bits per heavy atom. The molecular weight excluding hydrogens is 276 g/mol. The van der Waals surface area contributed by atoms with Crippen molar-refractivity contribution in [1.82, 2.24) is 0 Å². The molecule has 0 amide bonds. The molecule has 3 nitrogen and oxygen atoms in total. The van der Waals surface area contributed by atoms with Gasteiger partial charge in [-0.3, -0.25) is 0 Å². The first-order valence-corrected chi connectivity index (χ1v) is 8.14. The second-order valence-electron chi connectivity index (χ2n) is 5.93. The van der Waals surface area contributed by atoms with Crippen molar-refractivity contribution in [3.63, 3.8) is 0 Å². The van der Waals surface area contributed by atoms with Crippen LogP contribution in [0, 0.1) is 11.8 Å². The van der Waals surface area contributed by atoms with Crippen molar-refractivity contribution in [1.29, 1.82) is 0 Å². The molecule has 3 atom stereocenters. The van der Waals surface area contributed by atoms with Gasteiger partial charge < -0.3 is 14.6 Å². The van der Waals surface area contributed by atoms with Crippen LogP contribution in [0.1, 0.15) is 39.2 Å². The summed E-state index contributed by atoms with van der Waals surface area (Å²) in [6.07, 6.45) is 6.60. The van der Waals surface area contributed by atoms with Crippen LogP contribution in [0.3, 0.4) is 0 Å². The number of methoxy groups -OCH3 is 1. The minimum Gasteiger partial charge on any atom is -0.497 e. The fourth-order valence-corrected chi connectivity index (χ4v) is 2.28. The van der Waals surface area contributed by atoms with Crippen LogP contribution in [-0.4, -0.2) is 24.9 Å². The first kappa shape index (κ1) is 18.7. The standard InChI is InChI=1S/C19H30O3/c1-5-6-15(2)7-12-19(16(3)13-20)22-14-17-8-10-18(21-4)11-9-17/h7-12,15-16,19-20H,5-6,13-14H2,1-4H3/t15-,16-,19-/m0/s1. The molecule has 0 aromatic heterocycles. The van der Waals surface area contributed by atoms with Crippen LogP contribution in [0.25, 0.3) is 0 Å². The number of benzene rings is 1. The van der Waals surface area contributed by atoms with E-state index in [1.54, 1.807) is 7.11 Å². The molecule has 124 valence electrons. The second kappa shape index (κ2) is 10.4. The minimum atomic E-state index is -0.0635. The first-order chi connectivity index (χ1) is 10.6. The SMILES string of the molecule is CCC[C@H](C)C=C[C@H](OCc1ccc(OC)cc1)[C@@H](C)CO. The van der Waals surface area contributed by atoms with Crippen LogP contribution >= 0.6 is 0 Å². The topological polar surface area (TPSA) is 38.7 Å². The van der Waals surface area contributed by atoms with Crippen molar-refractivity contribution >= 4 is 0 Å². The monoisotopic (exact) mass is 306 g/mol. The number of rotatable bonds is 10. The molecule has 22 heavy (non-hydrogen) atoms. The fourth-order valence-electron chi connectivity index (χ4n) is 2.28. The molecule has 1 rings (SSSR count). The Balaban J connectivity index is 2.60. The van der Waals surface area contributed by atoms with E-state index in [1.165, 1.54) is 12.8 Å². The highest BCUT2D eigenvalue weighted by Gasteiger charge is 2.14. The molecule has 1 N–H and O–H groups in total. The molecule has 0 aliphatic carbocycles. The van der Waals surface area contributed by atoms with Crippen molar-refractivity contribution in [2.45, 2.75) is 46.3 Å². The number of hydrogen-bond donors (Lipinski definition) is 1. The number of aliphatic hydroxyl groups excluding tert-OH is 1. The third-order valence-corrected chi connectivity index (χ3v) is 3.82. The molecule has 0 fully saturated rings. The predicted molar refractivity (Wildman–Crippen MR) is 91.0 cm³/mol. The lowest BCUT2D eigenvalue weighted by Gasteiger charge is -2.20. The third kappa shape index (κ3) is 6.63. The summed E-state index contributed by atoms with van der Waals surface area (Å²) < 4.78 is 11.1. The average Bonchev–Trinajstić information content (AvgIpc) is 2.55. The quantitative estimate of drug-likeness (QED) is 0.658. The van der Waals surface area contributed by atoms with Crippen LogP contribution in [0.2, 0.25) is 0 Å². The van der Waals surface area contributed by atoms with E-state index >= 15 is 0 Å². The Kier molecular flexibility index (Phi) is 8.86. The summed E-state index contributed by atoms with van der Waals surface area (Å²) in [5.41, 5.74) is 1.10. The zero-order chi connectivity index (χ0) is 16.4. The van der Waals surface area contributed by atoms with Gasteiger partial charge in [-0.25, -0.2) is 0 Å². The molecule has 1 aromatic carbocycles. The lowest BCUT2D eigenvalue weighted by molar-refractivity contribution is 0.0192. The maximum absolute atomic E-state index is 9.41. The lowest BCUT2D eigenvalue weighted by Crippen LogP contribution is -2.22. The Hall–Kier alpha value is -1.32. The van der Waals surface area contributed by atoms with Gasteiger partial charge in [0.1, 0.15) is 5.75 Å². The summed E-state index contributed by atoms with van der Waals surface area (Å²) in [6.45, 7) is 7.07. The van der Waals surface area contributed by atoms with Crippen LogP contribution in [0.5, 0.6) is 5.75 Å². The van der Waals surface area contributed by atoms with Crippen molar-refractivity contribution < 1.29 is 14.6 Å². The molecular formula is C19H30O3. The molecule has 0 saturated heterocycles. The number of ether oxygens (including phenoxy) is 2. The van der Waals surface area contributed by atoms with Gasteiger partial charge >= 0.3 is 0 Å². The molecule has 1 aromatic rings.